The van der Waals surface area contributed by atoms with E-state index in [-0.39, 0.29) is 11.7 Å². The second kappa shape index (κ2) is 7.77. The van der Waals surface area contributed by atoms with Crippen LogP contribution in [-0.2, 0) is 6.42 Å². The van der Waals surface area contributed by atoms with Gasteiger partial charge in [-0.25, -0.2) is 4.39 Å². The van der Waals surface area contributed by atoms with E-state index in [0.717, 1.165) is 31.1 Å². The standard InChI is InChI=1S/C19H20ClFN2O/c20-17-5-1-3-15(13-17)7-8-22-9-11-23(12-10-22)19(24)16-4-2-6-18(21)14-16/h1-6,13-14H,7-12H2. The molecular weight excluding hydrogens is 327 g/mol. The molecule has 0 aromatic heterocycles. The van der Waals surface area contributed by atoms with Gasteiger partial charge in [0.2, 0.25) is 0 Å². The van der Waals surface area contributed by atoms with Gasteiger partial charge in [-0.1, -0.05) is 29.8 Å². The molecule has 5 heteroatoms. The molecule has 1 amide bonds. The van der Waals surface area contributed by atoms with Crippen LogP contribution in [-0.4, -0.2) is 48.4 Å². The molecule has 1 aliphatic rings. The third-order valence-electron chi connectivity index (χ3n) is 4.34. The lowest BCUT2D eigenvalue weighted by molar-refractivity contribution is 0.0638. The van der Waals surface area contributed by atoms with Crippen LogP contribution >= 0.6 is 11.6 Å². The predicted molar refractivity (Wildman–Crippen MR) is 93.9 cm³/mol. The van der Waals surface area contributed by atoms with Crippen LogP contribution in [0.25, 0.3) is 0 Å². The third kappa shape index (κ3) is 4.34. The van der Waals surface area contributed by atoms with Gasteiger partial charge in [0.1, 0.15) is 5.82 Å². The van der Waals surface area contributed by atoms with Gasteiger partial charge < -0.3 is 4.90 Å². The first-order valence-electron chi connectivity index (χ1n) is 8.13. The van der Waals surface area contributed by atoms with E-state index in [1.807, 2.05) is 18.2 Å². The lowest BCUT2D eigenvalue weighted by Crippen LogP contribution is -2.49. The number of carbonyl (C=O) groups is 1. The van der Waals surface area contributed by atoms with Crippen LogP contribution in [0.2, 0.25) is 5.02 Å². The van der Waals surface area contributed by atoms with Crippen molar-refractivity contribution in [1.29, 1.82) is 0 Å². The molecule has 1 aliphatic heterocycles. The number of nitrogens with zero attached hydrogens (tertiary/aromatic N) is 2. The van der Waals surface area contributed by atoms with Crippen molar-refractivity contribution in [3.8, 4) is 0 Å². The van der Waals surface area contributed by atoms with Crippen molar-refractivity contribution in [3.63, 3.8) is 0 Å². The van der Waals surface area contributed by atoms with Crippen molar-refractivity contribution in [2.24, 2.45) is 0 Å². The summed E-state index contributed by atoms with van der Waals surface area (Å²) in [7, 11) is 0. The highest BCUT2D eigenvalue weighted by Gasteiger charge is 2.22. The van der Waals surface area contributed by atoms with E-state index in [0.29, 0.717) is 18.7 Å². The van der Waals surface area contributed by atoms with E-state index >= 15 is 0 Å². The number of hydrogen-bond acceptors (Lipinski definition) is 2. The van der Waals surface area contributed by atoms with Crippen LogP contribution in [0.3, 0.4) is 0 Å². The summed E-state index contributed by atoms with van der Waals surface area (Å²) in [5.74, 6) is -0.468. The smallest absolute Gasteiger partial charge is 0.254 e. The number of carbonyl (C=O) groups excluding carboxylic acids is 1. The van der Waals surface area contributed by atoms with Gasteiger partial charge in [0, 0.05) is 43.3 Å². The molecule has 126 valence electrons. The van der Waals surface area contributed by atoms with Gasteiger partial charge in [-0.3, -0.25) is 9.69 Å². The largest absolute Gasteiger partial charge is 0.336 e. The number of rotatable bonds is 4. The first kappa shape index (κ1) is 16.9. The molecule has 0 aliphatic carbocycles. The zero-order valence-electron chi connectivity index (χ0n) is 13.4. The van der Waals surface area contributed by atoms with Crippen molar-refractivity contribution >= 4 is 17.5 Å². The minimum Gasteiger partial charge on any atom is -0.336 e. The van der Waals surface area contributed by atoms with Crippen molar-refractivity contribution in [2.75, 3.05) is 32.7 Å². The zero-order chi connectivity index (χ0) is 16.9. The normalized spacial score (nSPS) is 15.5. The fraction of sp³-hybridized carbons (Fsp3) is 0.316. The van der Waals surface area contributed by atoms with E-state index in [9.17, 15) is 9.18 Å². The number of amides is 1. The Morgan fingerprint density at radius 1 is 1.04 bits per heavy atom. The Bertz CT molecular complexity index is 714. The molecule has 24 heavy (non-hydrogen) atoms. The molecule has 1 saturated heterocycles. The third-order valence-corrected chi connectivity index (χ3v) is 4.57. The zero-order valence-corrected chi connectivity index (χ0v) is 14.2. The molecule has 3 rings (SSSR count). The van der Waals surface area contributed by atoms with Gasteiger partial charge in [-0.2, -0.15) is 0 Å². The molecule has 0 spiro atoms. The highest BCUT2D eigenvalue weighted by molar-refractivity contribution is 6.30. The maximum Gasteiger partial charge on any atom is 0.254 e. The molecule has 0 unspecified atom stereocenters. The monoisotopic (exact) mass is 346 g/mol. The SMILES string of the molecule is O=C(c1cccc(F)c1)N1CCN(CCc2cccc(Cl)c2)CC1. The topological polar surface area (TPSA) is 23.6 Å². The number of hydrogen-bond donors (Lipinski definition) is 0. The van der Waals surface area contributed by atoms with Crippen molar-refractivity contribution in [2.45, 2.75) is 6.42 Å². The second-order valence-corrected chi connectivity index (χ2v) is 6.46. The summed E-state index contributed by atoms with van der Waals surface area (Å²) in [6.07, 6.45) is 0.943. The number of benzene rings is 2. The van der Waals surface area contributed by atoms with Gasteiger partial charge in [-0.15, -0.1) is 0 Å². The minimum atomic E-state index is -0.374. The summed E-state index contributed by atoms with van der Waals surface area (Å²) in [6, 6.07) is 13.8. The Hall–Kier alpha value is -1.91. The minimum absolute atomic E-state index is 0.0935. The Kier molecular flexibility index (Phi) is 5.48. The Morgan fingerprint density at radius 2 is 1.79 bits per heavy atom. The molecule has 0 N–H and O–H groups in total. The number of halogens is 2. The van der Waals surface area contributed by atoms with Crippen LogP contribution < -0.4 is 0 Å². The highest BCUT2D eigenvalue weighted by atomic mass is 35.5. The fourth-order valence-corrected chi connectivity index (χ4v) is 3.17. The summed E-state index contributed by atoms with van der Waals surface area (Å²) in [5.41, 5.74) is 1.64. The first-order valence-corrected chi connectivity index (χ1v) is 8.51. The Labute approximate surface area is 146 Å². The van der Waals surface area contributed by atoms with E-state index < -0.39 is 0 Å². The molecule has 3 nitrogen and oxygen atoms in total. The quantitative estimate of drug-likeness (QED) is 0.846. The maximum absolute atomic E-state index is 13.3. The van der Waals surface area contributed by atoms with Crippen molar-refractivity contribution < 1.29 is 9.18 Å². The molecule has 0 saturated carbocycles. The van der Waals surface area contributed by atoms with E-state index in [2.05, 4.69) is 11.0 Å². The van der Waals surface area contributed by atoms with Crippen LogP contribution in [0, 0.1) is 5.82 Å². The molecule has 1 heterocycles. The van der Waals surface area contributed by atoms with Gasteiger partial charge in [0.25, 0.3) is 5.91 Å². The van der Waals surface area contributed by atoms with Crippen LogP contribution in [0.15, 0.2) is 48.5 Å². The summed E-state index contributed by atoms with van der Waals surface area (Å²) in [4.78, 5) is 16.5. The summed E-state index contributed by atoms with van der Waals surface area (Å²) < 4.78 is 13.3. The molecule has 2 aromatic carbocycles. The van der Waals surface area contributed by atoms with Crippen LogP contribution in [0.1, 0.15) is 15.9 Å². The Morgan fingerprint density at radius 3 is 2.50 bits per heavy atom. The molecular formula is C19H20ClFN2O. The van der Waals surface area contributed by atoms with Gasteiger partial charge in [0.05, 0.1) is 0 Å². The van der Waals surface area contributed by atoms with Gasteiger partial charge in [-0.05, 0) is 42.3 Å². The van der Waals surface area contributed by atoms with Crippen molar-refractivity contribution in [3.05, 3.63) is 70.5 Å². The highest BCUT2D eigenvalue weighted by Crippen LogP contribution is 2.13. The van der Waals surface area contributed by atoms with Crippen molar-refractivity contribution in [1.82, 2.24) is 9.80 Å². The van der Waals surface area contributed by atoms with E-state index in [1.165, 1.54) is 17.7 Å². The second-order valence-electron chi connectivity index (χ2n) is 6.02. The molecule has 0 atom stereocenters. The molecule has 2 aromatic rings. The Balaban J connectivity index is 1.49. The maximum atomic E-state index is 13.3. The van der Waals surface area contributed by atoms with Crippen LogP contribution in [0.5, 0.6) is 0 Å². The van der Waals surface area contributed by atoms with Gasteiger partial charge >= 0.3 is 0 Å². The average molecular weight is 347 g/mol. The molecule has 0 bridgehead atoms. The average Bonchev–Trinajstić information content (AvgIpc) is 2.60. The first-order chi connectivity index (χ1) is 11.6. The summed E-state index contributed by atoms with van der Waals surface area (Å²) in [5, 5.41) is 0.762. The lowest BCUT2D eigenvalue weighted by atomic mass is 10.1. The lowest BCUT2D eigenvalue weighted by Gasteiger charge is -2.34. The van der Waals surface area contributed by atoms with E-state index in [1.54, 1.807) is 17.0 Å². The molecule has 0 radical (unpaired) electrons. The fourth-order valence-electron chi connectivity index (χ4n) is 2.96. The summed E-state index contributed by atoms with van der Waals surface area (Å²) >= 11 is 6.01. The van der Waals surface area contributed by atoms with Gasteiger partial charge in [0.15, 0.2) is 0 Å². The molecule has 1 fully saturated rings. The van der Waals surface area contributed by atoms with Crippen LogP contribution in [0.4, 0.5) is 4.39 Å². The van der Waals surface area contributed by atoms with E-state index in [4.69, 9.17) is 11.6 Å². The predicted octanol–water partition coefficient (Wildman–Crippen LogP) is 3.48. The summed E-state index contributed by atoms with van der Waals surface area (Å²) in [6.45, 7) is 3.96. The number of piperazine rings is 1.